The molecule has 0 aliphatic heterocycles. The number of thiophene rings is 1. The number of hydrogen-bond donors (Lipinski definition) is 3. The van der Waals surface area contributed by atoms with E-state index in [1.54, 1.807) is 17.8 Å². The molecule has 1 aromatic heterocycles. The highest BCUT2D eigenvalue weighted by Gasteiger charge is 2.19. The van der Waals surface area contributed by atoms with Crippen LogP contribution in [0.25, 0.3) is 0 Å². The summed E-state index contributed by atoms with van der Waals surface area (Å²) >= 11 is 3.00. The van der Waals surface area contributed by atoms with Crippen molar-refractivity contribution in [3.05, 3.63) is 17.5 Å². The maximum Gasteiger partial charge on any atom is 0.263 e. The monoisotopic (exact) mass is 327 g/mol. The number of nitrogen functional groups attached to an aromatic ring is 1. The second kappa shape index (κ2) is 9.73. The largest absolute Gasteiger partial charge is 0.396 e. The molecule has 0 saturated heterocycles. The third-order valence-electron chi connectivity index (χ3n) is 3.03. The molecule has 0 spiro atoms. The summed E-state index contributed by atoms with van der Waals surface area (Å²) in [7, 11) is 0. The zero-order valence-corrected chi connectivity index (χ0v) is 14.5. The number of amides is 1. The molecule has 0 aromatic carbocycles. The minimum absolute atomic E-state index is 0.133. The molecule has 0 aliphatic rings. The molecule has 118 valence electrons. The van der Waals surface area contributed by atoms with E-state index >= 15 is 0 Å². The Labute approximate surface area is 135 Å². The minimum Gasteiger partial charge on any atom is -0.396 e. The Morgan fingerprint density at radius 2 is 2.19 bits per heavy atom. The molecule has 0 bridgehead atoms. The molecule has 0 radical (unpaired) electrons. The molecular formula is C15H25N3OS2. The first-order valence-corrected chi connectivity index (χ1v) is 9.29. The van der Waals surface area contributed by atoms with Gasteiger partial charge >= 0.3 is 0 Å². The molecular weight excluding hydrogens is 302 g/mol. The molecule has 0 fully saturated rings. The van der Waals surface area contributed by atoms with Crippen molar-refractivity contribution in [2.45, 2.75) is 37.5 Å². The van der Waals surface area contributed by atoms with Crippen molar-refractivity contribution in [2.24, 2.45) is 0 Å². The zero-order chi connectivity index (χ0) is 15.7. The number of rotatable bonds is 10. The second-order valence-corrected chi connectivity index (χ2v) is 6.53. The van der Waals surface area contributed by atoms with Gasteiger partial charge in [0.1, 0.15) is 9.88 Å². The fraction of sp³-hybridized carbons (Fsp3) is 0.533. The topological polar surface area (TPSA) is 67.2 Å². The van der Waals surface area contributed by atoms with E-state index < -0.39 is 0 Å². The lowest BCUT2D eigenvalue weighted by atomic mass is 10.2. The van der Waals surface area contributed by atoms with Crippen LogP contribution in [0.2, 0.25) is 0 Å². The van der Waals surface area contributed by atoms with Gasteiger partial charge < -0.3 is 16.4 Å². The average Bonchev–Trinajstić information content (AvgIpc) is 2.80. The molecule has 1 amide bonds. The molecule has 21 heavy (non-hydrogen) atoms. The first-order chi connectivity index (χ1) is 10.2. The van der Waals surface area contributed by atoms with Crippen molar-refractivity contribution < 1.29 is 4.79 Å². The van der Waals surface area contributed by atoms with Crippen molar-refractivity contribution >= 4 is 39.7 Å². The van der Waals surface area contributed by atoms with Crippen LogP contribution < -0.4 is 16.4 Å². The van der Waals surface area contributed by atoms with Crippen molar-refractivity contribution in [1.82, 2.24) is 5.32 Å². The second-order valence-electron chi connectivity index (χ2n) is 4.69. The maximum atomic E-state index is 12.1. The summed E-state index contributed by atoms with van der Waals surface area (Å²) in [6.07, 6.45) is 8.49. The van der Waals surface area contributed by atoms with E-state index in [0.717, 1.165) is 22.9 Å². The van der Waals surface area contributed by atoms with Crippen LogP contribution in [0.1, 0.15) is 42.3 Å². The fourth-order valence-electron chi connectivity index (χ4n) is 1.92. The number of anilines is 2. The summed E-state index contributed by atoms with van der Waals surface area (Å²) < 4.78 is 0. The van der Waals surface area contributed by atoms with Gasteiger partial charge in [0.05, 0.1) is 10.6 Å². The number of hydrogen-bond acceptors (Lipinski definition) is 5. The molecule has 6 heteroatoms. The van der Waals surface area contributed by atoms with Gasteiger partial charge in [0, 0.05) is 13.1 Å². The van der Waals surface area contributed by atoms with E-state index in [9.17, 15) is 4.79 Å². The Balaban J connectivity index is 2.70. The maximum absolute atomic E-state index is 12.1. The van der Waals surface area contributed by atoms with Crippen LogP contribution in [-0.2, 0) is 0 Å². The molecule has 1 aromatic rings. The van der Waals surface area contributed by atoms with Crippen LogP contribution in [0.5, 0.6) is 0 Å². The SMILES string of the molecule is C=CCNC(=O)c1sc(NCCCCCC)c(SC)c1N. The van der Waals surface area contributed by atoms with Gasteiger partial charge in [0.2, 0.25) is 0 Å². The van der Waals surface area contributed by atoms with E-state index in [4.69, 9.17) is 5.73 Å². The minimum atomic E-state index is -0.133. The molecule has 0 atom stereocenters. The highest BCUT2D eigenvalue weighted by atomic mass is 32.2. The molecule has 0 saturated carbocycles. The number of carbonyl (C=O) groups is 1. The smallest absolute Gasteiger partial charge is 0.263 e. The third-order valence-corrected chi connectivity index (χ3v) is 5.16. The lowest BCUT2D eigenvalue weighted by Crippen LogP contribution is -2.23. The Morgan fingerprint density at radius 3 is 2.81 bits per heavy atom. The van der Waals surface area contributed by atoms with E-state index in [-0.39, 0.29) is 5.91 Å². The summed E-state index contributed by atoms with van der Waals surface area (Å²) in [6.45, 7) is 7.16. The van der Waals surface area contributed by atoms with Crippen molar-refractivity contribution in [3.63, 3.8) is 0 Å². The van der Waals surface area contributed by atoms with E-state index in [0.29, 0.717) is 17.1 Å². The highest BCUT2D eigenvalue weighted by Crippen LogP contribution is 2.41. The molecule has 4 nitrogen and oxygen atoms in total. The van der Waals surface area contributed by atoms with Crippen molar-refractivity contribution in [1.29, 1.82) is 0 Å². The Bertz CT molecular complexity index is 472. The van der Waals surface area contributed by atoms with E-state index in [1.807, 2.05) is 6.26 Å². The lowest BCUT2D eigenvalue weighted by molar-refractivity contribution is 0.0963. The average molecular weight is 328 g/mol. The van der Waals surface area contributed by atoms with Gasteiger partial charge in [-0.1, -0.05) is 32.3 Å². The highest BCUT2D eigenvalue weighted by molar-refractivity contribution is 7.99. The van der Waals surface area contributed by atoms with Gasteiger partial charge in [-0.3, -0.25) is 4.79 Å². The summed E-state index contributed by atoms with van der Waals surface area (Å²) in [5.74, 6) is -0.133. The zero-order valence-electron chi connectivity index (χ0n) is 12.8. The Morgan fingerprint density at radius 1 is 1.43 bits per heavy atom. The van der Waals surface area contributed by atoms with Gasteiger partial charge in [-0.25, -0.2) is 0 Å². The summed E-state index contributed by atoms with van der Waals surface area (Å²) in [4.78, 5) is 13.6. The molecule has 0 unspecified atom stereocenters. The van der Waals surface area contributed by atoms with Crippen LogP contribution >= 0.6 is 23.1 Å². The summed E-state index contributed by atoms with van der Waals surface area (Å²) in [6, 6.07) is 0. The third kappa shape index (κ3) is 5.28. The van der Waals surface area contributed by atoms with Crippen molar-refractivity contribution in [3.8, 4) is 0 Å². The van der Waals surface area contributed by atoms with Crippen LogP contribution in [0.15, 0.2) is 17.6 Å². The van der Waals surface area contributed by atoms with E-state index in [2.05, 4.69) is 24.1 Å². The predicted octanol–water partition coefficient (Wildman–Crippen LogP) is 3.96. The molecule has 4 N–H and O–H groups in total. The summed E-state index contributed by atoms with van der Waals surface area (Å²) in [5.41, 5.74) is 6.68. The number of thioether (sulfide) groups is 1. The van der Waals surface area contributed by atoms with Crippen LogP contribution in [0.3, 0.4) is 0 Å². The van der Waals surface area contributed by atoms with Gasteiger partial charge in [-0.15, -0.1) is 29.7 Å². The number of carbonyl (C=O) groups excluding carboxylic acids is 1. The Hall–Kier alpha value is -1.14. The fourth-order valence-corrected chi connectivity index (χ4v) is 3.89. The van der Waals surface area contributed by atoms with E-state index in [1.165, 1.54) is 30.6 Å². The van der Waals surface area contributed by atoms with Crippen LogP contribution in [0, 0.1) is 0 Å². The predicted molar refractivity (Wildman–Crippen MR) is 95.7 cm³/mol. The normalized spacial score (nSPS) is 10.4. The molecule has 0 aliphatic carbocycles. The number of nitrogens with two attached hydrogens (primary N) is 1. The molecule has 1 rings (SSSR count). The van der Waals surface area contributed by atoms with Gasteiger partial charge in [-0.05, 0) is 12.7 Å². The van der Waals surface area contributed by atoms with Crippen LogP contribution in [0.4, 0.5) is 10.7 Å². The summed E-state index contributed by atoms with van der Waals surface area (Å²) in [5, 5.41) is 7.19. The lowest BCUT2D eigenvalue weighted by Gasteiger charge is -2.05. The van der Waals surface area contributed by atoms with Gasteiger partial charge in [0.15, 0.2) is 0 Å². The number of unbranched alkanes of at least 4 members (excludes halogenated alkanes) is 3. The van der Waals surface area contributed by atoms with Crippen molar-refractivity contribution in [2.75, 3.05) is 30.4 Å². The van der Waals surface area contributed by atoms with Gasteiger partial charge in [0.25, 0.3) is 5.91 Å². The first kappa shape index (κ1) is 17.9. The molecule has 1 heterocycles. The quantitative estimate of drug-likeness (QED) is 0.346. The Kier molecular flexibility index (Phi) is 8.30. The van der Waals surface area contributed by atoms with Crippen LogP contribution in [-0.4, -0.2) is 25.3 Å². The standard InChI is InChI=1S/C15H25N3OS2/c1-4-6-7-8-10-18-15-13(20-3)11(16)12(21-15)14(19)17-9-5-2/h5,18H,2,4,6-10,16H2,1,3H3,(H,17,19). The number of nitrogens with one attached hydrogen (secondary N) is 2. The van der Waals surface area contributed by atoms with Gasteiger partial charge in [-0.2, -0.15) is 0 Å². The first-order valence-electron chi connectivity index (χ1n) is 7.24.